The van der Waals surface area contributed by atoms with Crippen molar-refractivity contribution in [2.75, 3.05) is 0 Å². The van der Waals surface area contributed by atoms with E-state index in [1.54, 1.807) is 13.8 Å². The van der Waals surface area contributed by atoms with Gasteiger partial charge in [0.2, 0.25) is 0 Å². The van der Waals surface area contributed by atoms with Crippen LogP contribution in [0.25, 0.3) is 10.8 Å². The van der Waals surface area contributed by atoms with Crippen molar-refractivity contribution < 1.29 is 31.0 Å². The first-order chi connectivity index (χ1) is 9.43. The van der Waals surface area contributed by atoms with Crippen molar-refractivity contribution in [3.8, 4) is 5.75 Å². The first-order valence-electron chi connectivity index (χ1n) is 5.65. The van der Waals surface area contributed by atoms with Gasteiger partial charge in [0.25, 0.3) is 20.2 Å². The molecule has 0 aliphatic heterocycles. The molecule has 0 bridgehead atoms. The number of aromatic hydroxyl groups is 1. The molecular formula is C12H12O7S2. The zero-order valence-corrected chi connectivity index (χ0v) is 12.7. The summed E-state index contributed by atoms with van der Waals surface area (Å²) in [6.07, 6.45) is 0. The summed E-state index contributed by atoms with van der Waals surface area (Å²) in [5.74, 6) is -0.375. The lowest BCUT2D eigenvalue weighted by molar-refractivity contribution is 0.470. The van der Waals surface area contributed by atoms with Gasteiger partial charge in [-0.3, -0.25) is 9.11 Å². The lowest BCUT2D eigenvalue weighted by Crippen LogP contribution is -2.05. The van der Waals surface area contributed by atoms with Gasteiger partial charge in [0.15, 0.2) is 0 Å². The zero-order valence-electron chi connectivity index (χ0n) is 11.0. The normalized spacial score (nSPS) is 12.8. The fourth-order valence-electron chi connectivity index (χ4n) is 2.05. The predicted molar refractivity (Wildman–Crippen MR) is 74.7 cm³/mol. The third-order valence-corrected chi connectivity index (χ3v) is 4.95. The fourth-order valence-corrected chi connectivity index (χ4v) is 3.41. The Bertz CT molecular complexity index is 957. The number of rotatable bonds is 2. The Morgan fingerprint density at radius 2 is 1.48 bits per heavy atom. The third-order valence-electron chi connectivity index (χ3n) is 3.24. The van der Waals surface area contributed by atoms with E-state index >= 15 is 0 Å². The first kappa shape index (κ1) is 15.7. The molecule has 0 fully saturated rings. The van der Waals surface area contributed by atoms with Crippen molar-refractivity contribution in [1.82, 2.24) is 0 Å². The van der Waals surface area contributed by atoms with Crippen molar-refractivity contribution in [2.24, 2.45) is 0 Å². The van der Waals surface area contributed by atoms with E-state index in [0.717, 1.165) is 6.07 Å². The second-order valence-electron chi connectivity index (χ2n) is 4.64. The van der Waals surface area contributed by atoms with Gasteiger partial charge >= 0.3 is 0 Å². The maximum Gasteiger partial charge on any atom is 0.295 e. The maximum absolute atomic E-state index is 11.4. The van der Waals surface area contributed by atoms with Gasteiger partial charge in [-0.1, -0.05) is 6.07 Å². The Hall–Kier alpha value is -1.68. The Balaban J connectivity index is 3.14. The van der Waals surface area contributed by atoms with Gasteiger partial charge in [-0.2, -0.15) is 16.8 Å². The molecule has 0 atom stereocenters. The van der Waals surface area contributed by atoms with Gasteiger partial charge in [-0.15, -0.1) is 0 Å². The summed E-state index contributed by atoms with van der Waals surface area (Å²) in [4.78, 5) is -1.47. The molecular weight excluding hydrogens is 320 g/mol. The van der Waals surface area contributed by atoms with Crippen LogP contribution in [0.15, 0.2) is 28.0 Å². The number of hydrogen-bond acceptors (Lipinski definition) is 5. The van der Waals surface area contributed by atoms with E-state index < -0.39 is 30.0 Å². The monoisotopic (exact) mass is 332 g/mol. The van der Waals surface area contributed by atoms with E-state index in [9.17, 15) is 26.5 Å². The number of phenolic OH excluding ortho intramolecular Hbond substituents is 1. The Kier molecular flexibility index (Phi) is 3.49. The van der Waals surface area contributed by atoms with Crippen LogP contribution in [0.1, 0.15) is 11.1 Å². The standard InChI is InChI=1S/C12H12O7S2/c1-6-3-8-4-9(20(14,15)16)5-10(21(17,18)19)11(8)12(13)7(6)2/h3-5,13H,1-2H3,(H,14,15,16)(H,17,18,19). The average Bonchev–Trinajstić information content (AvgIpc) is 2.32. The van der Waals surface area contributed by atoms with E-state index in [4.69, 9.17) is 4.55 Å². The lowest BCUT2D eigenvalue weighted by atomic mass is 10.0. The number of benzene rings is 2. The molecule has 0 saturated heterocycles. The van der Waals surface area contributed by atoms with Gasteiger partial charge in [-0.25, -0.2) is 0 Å². The summed E-state index contributed by atoms with van der Waals surface area (Å²) in [6, 6.07) is 3.07. The van der Waals surface area contributed by atoms with Crippen LogP contribution >= 0.6 is 0 Å². The minimum Gasteiger partial charge on any atom is -0.507 e. The van der Waals surface area contributed by atoms with Crippen molar-refractivity contribution >= 4 is 31.0 Å². The van der Waals surface area contributed by atoms with Crippen molar-refractivity contribution in [1.29, 1.82) is 0 Å². The lowest BCUT2D eigenvalue weighted by Gasteiger charge is -2.12. The highest BCUT2D eigenvalue weighted by Gasteiger charge is 2.23. The minimum absolute atomic E-state index is 0.0679. The van der Waals surface area contributed by atoms with E-state index in [0.29, 0.717) is 17.2 Å². The first-order valence-corrected chi connectivity index (χ1v) is 8.53. The fraction of sp³-hybridized carbons (Fsp3) is 0.167. The molecule has 2 rings (SSSR count). The summed E-state index contributed by atoms with van der Waals surface area (Å²) in [5, 5.41) is 9.96. The molecule has 114 valence electrons. The second kappa shape index (κ2) is 4.67. The average molecular weight is 332 g/mol. The van der Waals surface area contributed by atoms with Gasteiger partial charge in [0, 0.05) is 5.39 Å². The molecule has 21 heavy (non-hydrogen) atoms. The molecule has 0 aromatic heterocycles. The highest BCUT2D eigenvalue weighted by molar-refractivity contribution is 7.86. The minimum atomic E-state index is -4.80. The van der Waals surface area contributed by atoms with Crippen LogP contribution in [0.4, 0.5) is 0 Å². The van der Waals surface area contributed by atoms with Gasteiger partial charge in [0.1, 0.15) is 10.6 Å². The molecule has 9 heteroatoms. The number of hydrogen-bond donors (Lipinski definition) is 3. The molecule has 7 nitrogen and oxygen atoms in total. The largest absolute Gasteiger partial charge is 0.507 e. The molecule has 0 spiro atoms. The number of fused-ring (bicyclic) bond motifs is 1. The van der Waals surface area contributed by atoms with Gasteiger partial charge < -0.3 is 5.11 Å². The zero-order chi connectivity index (χ0) is 16.2. The molecule has 0 aliphatic carbocycles. The summed E-state index contributed by atoms with van der Waals surface area (Å²) in [7, 11) is -9.47. The van der Waals surface area contributed by atoms with Crippen molar-refractivity contribution in [3.63, 3.8) is 0 Å². The van der Waals surface area contributed by atoms with Crippen LogP contribution in [0.2, 0.25) is 0 Å². The molecule has 0 amide bonds. The second-order valence-corrected chi connectivity index (χ2v) is 7.45. The molecule has 0 unspecified atom stereocenters. The maximum atomic E-state index is 11.4. The van der Waals surface area contributed by atoms with Crippen LogP contribution in [-0.2, 0) is 20.2 Å². The topological polar surface area (TPSA) is 129 Å². The number of phenols is 1. The van der Waals surface area contributed by atoms with E-state index in [-0.39, 0.29) is 16.5 Å². The third kappa shape index (κ3) is 2.72. The Labute approximate surface area is 121 Å². The van der Waals surface area contributed by atoms with E-state index in [2.05, 4.69) is 0 Å². The Morgan fingerprint density at radius 3 is 1.95 bits per heavy atom. The Morgan fingerprint density at radius 1 is 0.905 bits per heavy atom. The molecule has 2 aromatic carbocycles. The molecule has 2 aromatic rings. The summed E-state index contributed by atoms with van der Waals surface area (Å²) in [5.41, 5.74) is 0.987. The molecule has 0 heterocycles. The molecule has 0 aliphatic rings. The van der Waals surface area contributed by atoms with Crippen LogP contribution in [-0.4, -0.2) is 31.0 Å². The van der Waals surface area contributed by atoms with Gasteiger partial charge in [0.05, 0.1) is 4.90 Å². The highest BCUT2D eigenvalue weighted by atomic mass is 32.2. The van der Waals surface area contributed by atoms with Crippen molar-refractivity contribution in [2.45, 2.75) is 23.6 Å². The molecule has 0 saturated carbocycles. The van der Waals surface area contributed by atoms with Crippen LogP contribution < -0.4 is 0 Å². The van der Waals surface area contributed by atoms with Crippen LogP contribution in [0.5, 0.6) is 5.75 Å². The number of aryl methyl sites for hydroxylation is 1. The van der Waals surface area contributed by atoms with Gasteiger partial charge in [-0.05, 0) is 42.5 Å². The smallest absolute Gasteiger partial charge is 0.295 e. The molecule has 0 radical (unpaired) electrons. The van der Waals surface area contributed by atoms with Crippen LogP contribution in [0.3, 0.4) is 0 Å². The SMILES string of the molecule is Cc1cc2cc(S(=O)(=O)O)cc(S(=O)(=O)O)c2c(O)c1C. The summed E-state index contributed by atoms with van der Waals surface area (Å²) >= 11 is 0. The van der Waals surface area contributed by atoms with E-state index in [1.165, 1.54) is 6.07 Å². The summed E-state index contributed by atoms with van der Waals surface area (Å²) in [6.45, 7) is 3.19. The summed E-state index contributed by atoms with van der Waals surface area (Å²) < 4.78 is 63.6. The molecule has 3 N–H and O–H groups in total. The van der Waals surface area contributed by atoms with Crippen LogP contribution in [0, 0.1) is 13.8 Å². The quantitative estimate of drug-likeness (QED) is 0.713. The highest BCUT2D eigenvalue weighted by Crippen LogP contribution is 2.37. The van der Waals surface area contributed by atoms with E-state index in [1.807, 2.05) is 0 Å². The van der Waals surface area contributed by atoms with Crippen molar-refractivity contribution in [3.05, 3.63) is 29.3 Å². The predicted octanol–water partition coefficient (Wildman–Crippen LogP) is 1.66.